The molecular formula is C17H22ClN3O. The van der Waals surface area contributed by atoms with E-state index in [0.717, 1.165) is 43.4 Å². The van der Waals surface area contributed by atoms with Crippen LogP contribution in [0.15, 0.2) is 24.4 Å². The number of carbonyl (C=O) groups excluding carboxylic acids is 1. The minimum Gasteiger partial charge on any atom is -0.349 e. The molecule has 1 fully saturated rings. The van der Waals surface area contributed by atoms with Gasteiger partial charge >= 0.3 is 0 Å². The molecule has 0 bridgehead atoms. The summed E-state index contributed by atoms with van der Waals surface area (Å²) in [5.74, 6) is 0.683. The molecule has 3 heterocycles. The Hall–Kier alpha value is -1.55. The number of rotatable bonds is 3. The number of alkyl halides is 1. The zero-order valence-corrected chi connectivity index (χ0v) is 13.9. The van der Waals surface area contributed by atoms with Crippen LogP contribution in [0.25, 0.3) is 11.0 Å². The Morgan fingerprint density at radius 2 is 2.18 bits per heavy atom. The predicted molar refractivity (Wildman–Crippen MR) is 89.3 cm³/mol. The highest BCUT2D eigenvalue weighted by Gasteiger charge is 2.28. The van der Waals surface area contributed by atoms with Gasteiger partial charge in [0, 0.05) is 24.2 Å². The largest absolute Gasteiger partial charge is 0.349 e. The summed E-state index contributed by atoms with van der Waals surface area (Å²) in [5.41, 5.74) is 2.37. The van der Waals surface area contributed by atoms with Crippen molar-refractivity contribution < 1.29 is 4.79 Å². The van der Waals surface area contributed by atoms with Crippen LogP contribution in [0.2, 0.25) is 0 Å². The first-order valence-corrected chi connectivity index (χ1v) is 8.22. The van der Waals surface area contributed by atoms with Crippen LogP contribution in [-0.2, 0) is 0 Å². The molecule has 2 aromatic rings. The van der Waals surface area contributed by atoms with Crippen LogP contribution >= 0.6 is 11.6 Å². The third kappa shape index (κ3) is 3.43. The summed E-state index contributed by atoms with van der Waals surface area (Å²) in [4.78, 5) is 21.8. The number of nitrogens with one attached hydrogen (secondary N) is 1. The van der Waals surface area contributed by atoms with Crippen molar-refractivity contribution >= 4 is 28.5 Å². The van der Waals surface area contributed by atoms with E-state index in [2.05, 4.69) is 23.8 Å². The Balaban J connectivity index is 1.64. The molecule has 0 saturated carbocycles. The molecule has 22 heavy (non-hydrogen) atoms. The van der Waals surface area contributed by atoms with Crippen molar-refractivity contribution in [2.75, 3.05) is 13.1 Å². The number of pyridine rings is 1. The summed E-state index contributed by atoms with van der Waals surface area (Å²) < 4.78 is 0. The summed E-state index contributed by atoms with van der Waals surface area (Å²) >= 11 is 6.31. The van der Waals surface area contributed by atoms with E-state index in [4.69, 9.17) is 11.6 Å². The van der Waals surface area contributed by atoms with E-state index in [1.807, 2.05) is 23.1 Å². The van der Waals surface area contributed by atoms with Crippen LogP contribution in [-0.4, -0.2) is 38.7 Å². The van der Waals surface area contributed by atoms with Crippen LogP contribution in [0.1, 0.15) is 43.6 Å². The van der Waals surface area contributed by atoms with Gasteiger partial charge in [-0.3, -0.25) is 9.78 Å². The highest BCUT2D eigenvalue weighted by Crippen LogP contribution is 2.30. The lowest BCUT2D eigenvalue weighted by Gasteiger charge is -2.34. The minimum atomic E-state index is -0.153. The van der Waals surface area contributed by atoms with Crippen LogP contribution in [0.5, 0.6) is 0 Å². The monoisotopic (exact) mass is 319 g/mol. The lowest BCUT2D eigenvalue weighted by atomic mass is 9.88. The van der Waals surface area contributed by atoms with Crippen molar-refractivity contribution in [2.45, 2.75) is 38.0 Å². The summed E-state index contributed by atoms with van der Waals surface area (Å²) in [7, 11) is 0. The van der Waals surface area contributed by atoms with Gasteiger partial charge in [0.2, 0.25) is 0 Å². The van der Waals surface area contributed by atoms with Gasteiger partial charge in [-0.25, -0.2) is 0 Å². The molecule has 1 aliphatic heterocycles. The quantitative estimate of drug-likeness (QED) is 0.874. The number of carbonyl (C=O) groups is 1. The number of H-pyrrole nitrogens is 1. The second-order valence-corrected chi connectivity index (χ2v) is 7.80. The fourth-order valence-electron chi connectivity index (χ4n) is 3.27. The van der Waals surface area contributed by atoms with Crippen molar-refractivity contribution in [3.8, 4) is 0 Å². The summed E-state index contributed by atoms with van der Waals surface area (Å²) in [6.45, 7) is 5.73. The second-order valence-electron chi connectivity index (χ2n) is 6.78. The molecule has 1 amide bonds. The van der Waals surface area contributed by atoms with Crippen LogP contribution in [0, 0.1) is 5.92 Å². The Bertz CT molecular complexity index is 633. The maximum absolute atomic E-state index is 12.6. The van der Waals surface area contributed by atoms with Gasteiger partial charge in [0.05, 0.1) is 11.0 Å². The smallest absolute Gasteiger partial charge is 0.270 e. The Kier molecular flexibility index (Phi) is 4.13. The lowest BCUT2D eigenvalue weighted by Crippen LogP contribution is -2.39. The number of hydrogen-bond donors (Lipinski definition) is 1. The number of piperidine rings is 1. The molecule has 1 saturated heterocycles. The molecule has 1 N–H and O–H groups in total. The number of fused-ring (bicyclic) bond motifs is 1. The van der Waals surface area contributed by atoms with Gasteiger partial charge in [-0.1, -0.05) is 0 Å². The van der Waals surface area contributed by atoms with E-state index in [0.29, 0.717) is 11.6 Å². The molecule has 3 rings (SSSR count). The van der Waals surface area contributed by atoms with Gasteiger partial charge in [-0.05, 0) is 57.2 Å². The number of aromatic amines is 1. The van der Waals surface area contributed by atoms with Crippen LogP contribution < -0.4 is 0 Å². The highest BCUT2D eigenvalue weighted by molar-refractivity contribution is 6.23. The molecule has 0 radical (unpaired) electrons. The van der Waals surface area contributed by atoms with Crippen LogP contribution in [0.3, 0.4) is 0 Å². The molecule has 5 heteroatoms. The zero-order chi connectivity index (χ0) is 15.7. The van der Waals surface area contributed by atoms with Gasteiger partial charge in [-0.2, -0.15) is 0 Å². The Morgan fingerprint density at radius 3 is 2.82 bits per heavy atom. The fourth-order valence-corrected chi connectivity index (χ4v) is 3.49. The van der Waals surface area contributed by atoms with Crippen molar-refractivity contribution in [1.29, 1.82) is 0 Å². The van der Waals surface area contributed by atoms with Gasteiger partial charge in [0.15, 0.2) is 0 Å². The molecule has 1 aliphatic rings. The maximum atomic E-state index is 12.6. The first kappa shape index (κ1) is 15.3. The molecule has 4 nitrogen and oxygen atoms in total. The maximum Gasteiger partial charge on any atom is 0.270 e. The summed E-state index contributed by atoms with van der Waals surface area (Å²) in [6, 6.07) is 5.64. The predicted octanol–water partition coefficient (Wildman–Crippen LogP) is 3.82. The van der Waals surface area contributed by atoms with E-state index in [-0.39, 0.29) is 10.8 Å². The molecule has 118 valence electrons. The van der Waals surface area contributed by atoms with Crippen molar-refractivity contribution in [1.82, 2.24) is 14.9 Å². The minimum absolute atomic E-state index is 0.0709. The van der Waals surface area contributed by atoms with Crippen molar-refractivity contribution in [2.24, 2.45) is 5.92 Å². The van der Waals surface area contributed by atoms with E-state index in [9.17, 15) is 4.79 Å². The molecule has 0 aromatic carbocycles. The van der Waals surface area contributed by atoms with Crippen molar-refractivity contribution in [3.05, 3.63) is 30.1 Å². The third-order valence-electron chi connectivity index (χ3n) is 4.30. The average Bonchev–Trinajstić information content (AvgIpc) is 2.89. The number of halogens is 1. The normalized spacial score (nSPS) is 17.1. The van der Waals surface area contributed by atoms with Crippen molar-refractivity contribution in [3.63, 3.8) is 0 Å². The lowest BCUT2D eigenvalue weighted by molar-refractivity contribution is 0.0678. The molecule has 0 unspecified atom stereocenters. The van der Waals surface area contributed by atoms with Gasteiger partial charge in [0.25, 0.3) is 5.91 Å². The summed E-state index contributed by atoms with van der Waals surface area (Å²) in [5, 5.41) is 0. The number of amides is 1. The zero-order valence-electron chi connectivity index (χ0n) is 13.1. The first-order valence-electron chi connectivity index (χ1n) is 7.84. The first-order chi connectivity index (χ1) is 10.4. The summed E-state index contributed by atoms with van der Waals surface area (Å²) in [6.07, 6.45) is 4.80. The van der Waals surface area contributed by atoms with E-state index >= 15 is 0 Å². The Labute approximate surface area is 135 Å². The van der Waals surface area contributed by atoms with Gasteiger partial charge in [-0.15, -0.1) is 11.6 Å². The number of likely N-dealkylation sites (tertiary alicyclic amines) is 1. The molecule has 0 atom stereocenters. The third-order valence-corrected chi connectivity index (χ3v) is 4.45. The topological polar surface area (TPSA) is 49.0 Å². The fraction of sp³-hybridized carbons (Fsp3) is 0.529. The SMILES string of the molecule is CC(C)(Cl)CC1CCN(C(=O)c2cc3ncccc3[nH]2)CC1. The number of aromatic nitrogens is 2. The number of nitrogens with zero attached hydrogens (tertiary/aromatic N) is 2. The standard InChI is InChI=1S/C17H22ClN3O/c1-17(2,18)11-12-5-8-21(9-6-12)16(22)15-10-14-13(20-15)4-3-7-19-14/h3-4,7,10,12,20H,5-6,8-9,11H2,1-2H3. The van der Waals surface area contributed by atoms with E-state index in [1.54, 1.807) is 6.20 Å². The Morgan fingerprint density at radius 1 is 1.45 bits per heavy atom. The molecule has 2 aromatic heterocycles. The van der Waals surface area contributed by atoms with Crippen LogP contribution in [0.4, 0.5) is 0 Å². The average molecular weight is 320 g/mol. The number of hydrogen-bond acceptors (Lipinski definition) is 2. The van der Waals surface area contributed by atoms with E-state index < -0.39 is 0 Å². The molecule has 0 aliphatic carbocycles. The second kappa shape index (κ2) is 5.92. The highest BCUT2D eigenvalue weighted by atomic mass is 35.5. The molecule has 0 spiro atoms. The van der Waals surface area contributed by atoms with Gasteiger partial charge in [0.1, 0.15) is 5.69 Å². The van der Waals surface area contributed by atoms with E-state index in [1.165, 1.54) is 0 Å². The molecular weight excluding hydrogens is 298 g/mol. The van der Waals surface area contributed by atoms with Gasteiger partial charge < -0.3 is 9.88 Å².